The van der Waals surface area contributed by atoms with E-state index in [1.54, 1.807) is 11.3 Å². The number of amides is 1. The summed E-state index contributed by atoms with van der Waals surface area (Å²) < 4.78 is 13.6. The van der Waals surface area contributed by atoms with Crippen LogP contribution >= 0.6 is 23.1 Å². The highest BCUT2D eigenvalue weighted by atomic mass is 32.2. The summed E-state index contributed by atoms with van der Waals surface area (Å²) >= 11 is 3.08. The standard InChI is InChI=1S/C25H30N4O3S2/c30-22(26-18-25(10-13-31-14-11-25)19-6-2-1-3-7-19)17-34-24-28-27-23(21-9-5-15-33-21)29(24)16-20-8-4-12-32-20/h1-3,5-7,9,15,20H,4,8,10-14,16-18H2,(H,26,30). The highest BCUT2D eigenvalue weighted by molar-refractivity contribution is 7.99. The lowest BCUT2D eigenvalue weighted by atomic mass is 9.74. The third-order valence-corrected chi connectivity index (χ3v) is 8.49. The molecule has 0 radical (unpaired) electrons. The average Bonchev–Trinajstić information content (AvgIpc) is 3.66. The number of aromatic nitrogens is 3. The first-order chi connectivity index (χ1) is 16.7. The van der Waals surface area contributed by atoms with Gasteiger partial charge in [0.15, 0.2) is 11.0 Å². The lowest BCUT2D eigenvalue weighted by molar-refractivity contribution is -0.119. The molecule has 0 spiro atoms. The van der Waals surface area contributed by atoms with Crippen LogP contribution in [0, 0.1) is 0 Å². The van der Waals surface area contributed by atoms with Crippen molar-refractivity contribution in [2.75, 3.05) is 32.1 Å². The average molecular weight is 499 g/mol. The molecule has 180 valence electrons. The van der Waals surface area contributed by atoms with Gasteiger partial charge in [-0.1, -0.05) is 48.2 Å². The Bertz CT molecular complexity index is 1060. The van der Waals surface area contributed by atoms with E-state index >= 15 is 0 Å². The summed E-state index contributed by atoms with van der Waals surface area (Å²) in [6.07, 6.45) is 4.11. The van der Waals surface area contributed by atoms with Crippen LogP contribution in [0.4, 0.5) is 0 Å². The molecule has 2 saturated heterocycles. The fourth-order valence-corrected chi connectivity index (χ4v) is 6.21. The molecule has 1 atom stereocenters. The molecule has 1 unspecified atom stereocenters. The molecule has 2 aliphatic rings. The van der Waals surface area contributed by atoms with Crippen molar-refractivity contribution in [3.05, 3.63) is 53.4 Å². The maximum atomic E-state index is 12.9. The second-order valence-electron chi connectivity index (χ2n) is 8.85. The molecule has 3 aromatic rings. The van der Waals surface area contributed by atoms with E-state index in [2.05, 4.69) is 50.4 Å². The zero-order chi connectivity index (χ0) is 23.2. The number of hydrogen-bond donors (Lipinski definition) is 1. The molecule has 1 N–H and O–H groups in total. The van der Waals surface area contributed by atoms with Gasteiger partial charge in [-0.05, 0) is 42.7 Å². The largest absolute Gasteiger partial charge is 0.381 e. The second kappa shape index (κ2) is 11.0. The molecule has 7 nitrogen and oxygen atoms in total. The van der Waals surface area contributed by atoms with Crippen molar-refractivity contribution in [2.24, 2.45) is 0 Å². The van der Waals surface area contributed by atoms with Gasteiger partial charge < -0.3 is 14.8 Å². The Hall–Kier alpha value is -2.20. The smallest absolute Gasteiger partial charge is 0.230 e. The highest BCUT2D eigenvalue weighted by Gasteiger charge is 2.34. The van der Waals surface area contributed by atoms with Crippen LogP contribution < -0.4 is 5.32 Å². The number of hydrogen-bond acceptors (Lipinski definition) is 7. The van der Waals surface area contributed by atoms with Gasteiger partial charge in [0.1, 0.15) is 0 Å². The van der Waals surface area contributed by atoms with Crippen LogP contribution in [0.15, 0.2) is 53.0 Å². The van der Waals surface area contributed by atoms with Gasteiger partial charge in [0.2, 0.25) is 5.91 Å². The zero-order valence-electron chi connectivity index (χ0n) is 19.2. The number of carbonyl (C=O) groups is 1. The van der Waals surface area contributed by atoms with E-state index in [-0.39, 0.29) is 17.4 Å². The molecule has 4 heterocycles. The Morgan fingerprint density at radius 3 is 2.74 bits per heavy atom. The number of ether oxygens (including phenoxy) is 2. The predicted molar refractivity (Wildman–Crippen MR) is 134 cm³/mol. The molecule has 34 heavy (non-hydrogen) atoms. The topological polar surface area (TPSA) is 78.3 Å². The van der Waals surface area contributed by atoms with Crippen LogP contribution in [0.5, 0.6) is 0 Å². The molecular formula is C25H30N4O3S2. The highest BCUT2D eigenvalue weighted by Crippen LogP contribution is 2.34. The lowest BCUT2D eigenvalue weighted by Gasteiger charge is -2.38. The van der Waals surface area contributed by atoms with Crippen LogP contribution in [0.3, 0.4) is 0 Å². The SMILES string of the molecule is O=C(CSc1nnc(-c2cccs2)n1CC1CCCO1)NCC1(c2ccccc2)CCOCC1. The predicted octanol–water partition coefficient (Wildman–Crippen LogP) is 4.14. The number of nitrogens with one attached hydrogen (secondary N) is 1. The van der Waals surface area contributed by atoms with Crippen molar-refractivity contribution in [1.29, 1.82) is 0 Å². The van der Waals surface area contributed by atoms with Gasteiger partial charge in [0.05, 0.1) is 23.3 Å². The summed E-state index contributed by atoms with van der Waals surface area (Å²) in [6.45, 7) is 3.57. The van der Waals surface area contributed by atoms with Crippen molar-refractivity contribution in [3.63, 3.8) is 0 Å². The van der Waals surface area contributed by atoms with Gasteiger partial charge in [-0.3, -0.25) is 9.36 Å². The van der Waals surface area contributed by atoms with E-state index in [1.165, 1.54) is 17.3 Å². The van der Waals surface area contributed by atoms with Crippen LogP contribution in [0.2, 0.25) is 0 Å². The number of thioether (sulfide) groups is 1. The van der Waals surface area contributed by atoms with E-state index < -0.39 is 0 Å². The Morgan fingerprint density at radius 1 is 1.15 bits per heavy atom. The third-order valence-electron chi connectivity index (χ3n) is 6.66. The van der Waals surface area contributed by atoms with Gasteiger partial charge in [0.25, 0.3) is 0 Å². The summed E-state index contributed by atoms with van der Waals surface area (Å²) in [5, 5.41) is 14.9. The summed E-state index contributed by atoms with van der Waals surface area (Å²) in [4.78, 5) is 14.0. The van der Waals surface area contributed by atoms with Crippen LogP contribution in [0.25, 0.3) is 10.7 Å². The van der Waals surface area contributed by atoms with E-state index in [4.69, 9.17) is 9.47 Å². The first-order valence-electron chi connectivity index (χ1n) is 11.8. The molecule has 1 aromatic carbocycles. The van der Waals surface area contributed by atoms with Crippen molar-refractivity contribution in [1.82, 2.24) is 20.1 Å². The maximum Gasteiger partial charge on any atom is 0.230 e. The summed E-state index contributed by atoms with van der Waals surface area (Å²) in [5.74, 6) is 1.16. The van der Waals surface area contributed by atoms with E-state index in [9.17, 15) is 4.79 Å². The van der Waals surface area contributed by atoms with Crippen molar-refractivity contribution in [3.8, 4) is 10.7 Å². The molecule has 0 saturated carbocycles. The molecule has 2 aliphatic heterocycles. The minimum absolute atomic E-state index is 0.0103. The number of carbonyl (C=O) groups excluding carboxylic acids is 1. The first kappa shape index (κ1) is 23.5. The van der Waals surface area contributed by atoms with Crippen LogP contribution in [0.1, 0.15) is 31.2 Å². The van der Waals surface area contributed by atoms with Crippen LogP contribution in [-0.4, -0.2) is 58.9 Å². The van der Waals surface area contributed by atoms with Crippen molar-refractivity contribution < 1.29 is 14.3 Å². The van der Waals surface area contributed by atoms with E-state index in [0.29, 0.717) is 18.8 Å². The monoisotopic (exact) mass is 498 g/mol. The van der Waals surface area contributed by atoms with Gasteiger partial charge in [-0.2, -0.15) is 0 Å². The quantitative estimate of drug-likeness (QED) is 0.447. The summed E-state index contributed by atoms with van der Waals surface area (Å²) in [5.41, 5.74) is 1.19. The Labute approximate surface area is 208 Å². The van der Waals surface area contributed by atoms with E-state index in [0.717, 1.165) is 61.4 Å². The van der Waals surface area contributed by atoms with Gasteiger partial charge >= 0.3 is 0 Å². The molecule has 9 heteroatoms. The number of nitrogens with zero attached hydrogens (tertiary/aromatic N) is 3. The number of thiophene rings is 1. The maximum absolute atomic E-state index is 12.9. The van der Waals surface area contributed by atoms with E-state index in [1.807, 2.05) is 17.5 Å². The van der Waals surface area contributed by atoms with Gasteiger partial charge in [0, 0.05) is 31.8 Å². The molecule has 0 aliphatic carbocycles. The molecule has 1 amide bonds. The minimum Gasteiger partial charge on any atom is -0.381 e. The lowest BCUT2D eigenvalue weighted by Crippen LogP contribution is -2.45. The van der Waals surface area contributed by atoms with Crippen molar-refractivity contribution in [2.45, 2.75) is 48.9 Å². The first-order valence-corrected chi connectivity index (χ1v) is 13.7. The zero-order valence-corrected chi connectivity index (χ0v) is 20.8. The molecule has 5 rings (SSSR count). The summed E-state index contributed by atoms with van der Waals surface area (Å²) in [6, 6.07) is 14.6. The molecular weight excluding hydrogens is 468 g/mol. The third kappa shape index (κ3) is 5.38. The minimum atomic E-state index is -0.0774. The Morgan fingerprint density at radius 2 is 2.00 bits per heavy atom. The van der Waals surface area contributed by atoms with Gasteiger partial charge in [-0.15, -0.1) is 21.5 Å². The molecule has 2 aromatic heterocycles. The normalized spacial score (nSPS) is 19.8. The van der Waals surface area contributed by atoms with Crippen LogP contribution in [-0.2, 0) is 26.2 Å². The second-order valence-corrected chi connectivity index (χ2v) is 10.7. The molecule has 0 bridgehead atoms. The Balaban J connectivity index is 1.24. The summed E-state index contributed by atoms with van der Waals surface area (Å²) in [7, 11) is 0. The fraction of sp³-hybridized carbons (Fsp3) is 0.480. The Kier molecular flexibility index (Phi) is 7.63. The number of rotatable bonds is 9. The number of benzene rings is 1. The molecule has 2 fully saturated rings. The fourth-order valence-electron chi connectivity index (χ4n) is 4.71. The van der Waals surface area contributed by atoms with Crippen molar-refractivity contribution >= 4 is 29.0 Å². The van der Waals surface area contributed by atoms with Gasteiger partial charge in [-0.25, -0.2) is 0 Å².